The molecule has 3 rings (SSSR count). The van der Waals surface area contributed by atoms with Crippen LogP contribution < -0.4 is 5.32 Å². The summed E-state index contributed by atoms with van der Waals surface area (Å²) >= 11 is 1.27. The first kappa shape index (κ1) is 17.9. The second-order valence-corrected chi connectivity index (χ2v) is 6.81. The highest BCUT2D eigenvalue weighted by Crippen LogP contribution is 2.21. The lowest BCUT2D eigenvalue weighted by molar-refractivity contribution is -0.115. The summed E-state index contributed by atoms with van der Waals surface area (Å²) in [4.78, 5) is 16.5. The largest absolute Gasteiger partial charge is 0.325 e. The molecular formula is C19H17FN4OS. The first-order chi connectivity index (χ1) is 12.6. The molecule has 2 aromatic carbocycles. The number of carbonyl (C=O) groups is 1. The van der Waals surface area contributed by atoms with Crippen LogP contribution in [0.2, 0.25) is 0 Å². The Morgan fingerprint density at radius 2 is 1.88 bits per heavy atom. The summed E-state index contributed by atoms with van der Waals surface area (Å²) in [6, 6.07) is 15.4. The summed E-state index contributed by atoms with van der Waals surface area (Å²) in [5, 5.41) is 9.90. The Kier molecular flexibility index (Phi) is 5.80. The molecule has 1 heterocycles. The van der Waals surface area contributed by atoms with Gasteiger partial charge in [-0.3, -0.25) is 9.89 Å². The van der Waals surface area contributed by atoms with Gasteiger partial charge in [0.15, 0.2) is 0 Å². The molecule has 1 aromatic heterocycles. The van der Waals surface area contributed by atoms with E-state index in [0.29, 0.717) is 11.0 Å². The van der Waals surface area contributed by atoms with Crippen LogP contribution in [0.25, 0.3) is 12.2 Å². The van der Waals surface area contributed by atoms with Crippen LogP contribution in [0.15, 0.2) is 59.8 Å². The molecule has 7 heteroatoms. The number of carbonyl (C=O) groups excluding carboxylic acids is 1. The third-order valence-electron chi connectivity index (χ3n) is 3.48. The van der Waals surface area contributed by atoms with Gasteiger partial charge >= 0.3 is 0 Å². The predicted octanol–water partition coefficient (Wildman–Crippen LogP) is 4.23. The smallest absolute Gasteiger partial charge is 0.237 e. The molecule has 0 bridgehead atoms. The Morgan fingerprint density at radius 3 is 2.62 bits per heavy atom. The average Bonchev–Trinajstić information content (AvgIpc) is 3.09. The number of aromatic nitrogens is 3. The molecule has 26 heavy (non-hydrogen) atoms. The molecule has 132 valence electrons. The molecule has 0 fully saturated rings. The normalized spacial score (nSPS) is 12.2. The van der Waals surface area contributed by atoms with Gasteiger partial charge < -0.3 is 5.32 Å². The van der Waals surface area contributed by atoms with Gasteiger partial charge in [0, 0.05) is 5.69 Å². The molecule has 0 radical (unpaired) electrons. The Balaban J connectivity index is 1.57. The van der Waals surface area contributed by atoms with E-state index >= 15 is 0 Å². The number of H-pyrrole nitrogens is 1. The highest BCUT2D eigenvalue weighted by molar-refractivity contribution is 8.00. The van der Waals surface area contributed by atoms with Gasteiger partial charge in [-0.05, 0) is 42.8 Å². The Morgan fingerprint density at radius 1 is 1.15 bits per heavy atom. The van der Waals surface area contributed by atoms with Crippen LogP contribution in [-0.2, 0) is 4.79 Å². The average molecular weight is 368 g/mol. The lowest BCUT2D eigenvalue weighted by Crippen LogP contribution is -2.22. The van der Waals surface area contributed by atoms with Crippen LogP contribution in [-0.4, -0.2) is 26.3 Å². The van der Waals surface area contributed by atoms with Crippen molar-refractivity contribution in [2.75, 3.05) is 5.32 Å². The number of aromatic amines is 1. The highest BCUT2D eigenvalue weighted by atomic mass is 32.2. The van der Waals surface area contributed by atoms with E-state index in [2.05, 4.69) is 20.5 Å². The zero-order valence-corrected chi connectivity index (χ0v) is 14.8. The van der Waals surface area contributed by atoms with Gasteiger partial charge in [-0.25, -0.2) is 9.37 Å². The van der Waals surface area contributed by atoms with Crippen molar-refractivity contribution in [3.8, 4) is 0 Å². The molecular weight excluding hydrogens is 351 g/mol. The van der Waals surface area contributed by atoms with E-state index in [1.807, 2.05) is 30.3 Å². The minimum Gasteiger partial charge on any atom is -0.325 e. The maximum atomic E-state index is 12.9. The van der Waals surface area contributed by atoms with Gasteiger partial charge in [-0.1, -0.05) is 48.2 Å². The van der Waals surface area contributed by atoms with Crippen molar-refractivity contribution in [2.45, 2.75) is 17.3 Å². The molecule has 3 aromatic rings. The van der Waals surface area contributed by atoms with Gasteiger partial charge in [-0.2, -0.15) is 0 Å². The monoisotopic (exact) mass is 368 g/mol. The van der Waals surface area contributed by atoms with E-state index in [9.17, 15) is 9.18 Å². The molecule has 0 saturated heterocycles. The number of halogens is 1. The van der Waals surface area contributed by atoms with Gasteiger partial charge in [0.1, 0.15) is 11.6 Å². The number of hydrogen-bond acceptors (Lipinski definition) is 4. The molecule has 1 atom stereocenters. The van der Waals surface area contributed by atoms with Crippen molar-refractivity contribution in [1.82, 2.24) is 15.2 Å². The van der Waals surface area contributed by atoms with Crippen LogP contribution in [0.3, 0.4) is 0 Å². The molecule has 5 nitrogen and oxygen atoms in total. The maximum Gasteiger partial charge on any atom is 0.237 e. The van der Waals surface area contributed by atoms with E-state index in [0.717, 1.165) is 11.3 Å². The summed E-state index contributed by atoms with van der Waals surface area (Å²) in [7, 11) is 0. The number of benzene rings is 2. The minimum atomic E-state index is -0.347. The number of thioether (sulfide) groups is 1. The van der Waals surface area contributed by atoms with Crippen molar-refractivity contribution < 1.29 is 9.18 Å². The number of anilines is 1. The summed E-state index contributed by atoms with van der Waals surface area (Å²) in [5.41, 5.74) is 1.61. The van der Waals surface area contributed by atoms with Gasteiger partial charge in [0.05, 0.1) is 5.25 Å². The summed E-state index contributed by atoms with van der Waals surface area (Å²) in [6.07, 6.45) is 3.55. The second kappa shape index (κ2) is 8.44. The number of amides is 1. The Bertz CT molecular complexity index is 893. The standard InChI is InChI=1S/C19H17FN4OS/c1-13(18(25)21-16-5-3-2-4-6-16)26-19-22-17(23-24-19)12-9-14-7-10-15(20)11-8-14/h2-13H,1H3,(H,21,25)(H,22,23,24)/b12-9+. The first-order valence-electron chi connectivity index (χ1n) is 7.99. The number of para-hydroxylation sites is 1. The van der Waals surface area contributed by atoms with Crippen molar-refractivity contribution in [2.24, 2.45) is 0 Å². The second-order valence-electron chi connectivity index (χ2n) is 5.50. The van der Waals surface area contributed by atoms with Crippen LogP contribution in [0.5, 0.6) is 0 Å². The van der Waals surface area contributed by atoms with E-state index < -0.39 is 0 Å². The lowest BCUT2D eigenvalue weighted by Gasteiger charge is -2.09. The number of hydrogen-bond donors (Lipinski definition) is 2. The Labute approximate surface area is 154 Å². The molecule has 2 N–H and O–H groups in total. The molecule has 0 aliphatic rings. The van der Waals surface area contributed by atoms with E-state index in [4.69, 9.17) is 0 Å². The number of nitrogens with one attached hydrogen (secondary N) is 2. The van der Waals surface area contributed by atoms with Crippen molar-refractivity contribution in [3.63, 3.8) is 0 Å². The first-order valence-corrected chi connectivity index (χ1v) is 8.87. The molecule has 0 spiro atoms. The van der Waals surface area contributed by atoms with E-state index in [1.54, 1.807) is 31.2 Å². The van der Waals surface area contributed by atoms with Gasteiger partial charge in [-0.15, -0.1) is 5.10 Å². The lowest BCUT2D eigenvalue weighted by atomic mass is 10.2. The fourth-order valence-corrected chi connectivity index (χ4v) is 2.84. The van der Waals surface area contributed by atoms with Gasteiger partial charge in [0.2, 0.25) is 11.1 Å². The zero-order chi connectivity index (χ0) is 18.4. The third kappa shape index (κ3) is 5.03. The van der Waals surface area contributed by atoms with Crippen LogP contribution >= 0.6 is 11.8 Å². The highest BCUT2D eigenvalue weighted by Gasteiger charge is 2.17. The fraction of sp³-hybridized carbons (Fsp3) is 0.105. The van der Waals surface area contributed by atoms with Gasteiger partial charge in [0.25, 0.3) is 0 Å². The third-order valence-corrected chi connectivity index (χ3v) is 4.44. The van der Waals surface area contributed by atoms with Crippen molar-refractivity contribution in [1.29, 1.82) is 0 Å². The fourth-order valence-electron chi connectivity index (χ4n) is 2.11. The summed E-state index contributed by atoms with van der Waals surface area (Å²) < 4.78 is 12.9. The van der Waals surface area contributed by atoms with Crippen molar-refractivity contribution >= 4 is 35.5 Å². The number of nitrogens with zero attached hydrogens (tertiary/aromatic N) is 2. The molecule has 0 aliphatic carbocycles. The Hall–Kier alpha value is -2.93. The molecule has 1 amide bonds. The topological polar surface area (TPSA) is 70.7 Å². The van der Waals surface area contributed by atoms with Crippen LogP contribution in [0.4, 0.5) is 10.1 Å². The predicted molar refractivity (Wildman–Crippen MR) is 102 cm³/mol. The minimum absolute atomic E-state index is 0.116. The van der Waals surface area contributed by atoms with E-state index in [-0.39, 0.29) is 17.0 Å². The molecule has 0 saturated carbocycles. The zero-order valence-electron chi connectivity index (χ0n) is 14.0. The molecule has 0 aliphatic heterocycles. The van der Waals surface area contributed by atoms with E-state index in [1.165, 1.54) is 23.9 Å². The SMILES string of the molecule is CC(Sc1n[nH]c(/C=C/c2ccc(F)cc2)n1)C(=O)Nc1ccccc1. The van der Waals surface area contributed by atoms with Crippen molar-refractivity contribution in [3.05, 3.63) is 71.8 Å². The quantitative estimate of drug-likeness (QED) is 0.639. The maximum absolute atomic E-state index is 12.9. The number of rotatable bonds is 6. The molecule has 1 unspecified atom stereocenters. The summed E-state index contributed by atoms with van der Waals surface area (Å²) in [6.45, 7) is 1.80. The summed E-state index contributed by atoms with van der Waals surface area (Å²) in [5.74, 6) is 0.171. The van der Waals surface area contributed by atoms with Crippen LogP contribution in [0.1, 0.15) is 18.3 Å². The van der Waals surface area contributed by atoms with Crippen LogP contribution in [0, 0.1) is 5.82 Å².